The number of imidazole rings is 1. The molecule has 4 nitrogen and oxygen atoms in total. The van der Waals surface area contributed by atoms with Crippen LogP contribution in [0, 0.1) is 0 Å². The maximum atomic E-state index is 4.99. The summed E-state index contributed by atoms with van der Waals surface area (Å²) >= 11 is 0. The van der Waals surface area contributed by atoms with Gasteiger partial charge >= 0.3 is 0 Å². The first kappa shape index (κ1) is 33.8. The lowest BCUT2D eigenvalue weighted by molar-refractivity contribution is 0.462. The predicted molar refractivity (Wildman–Crippen MR) is 193 cm³/mol. The van der Waals surface area contributed by atoms with Crippen LogP contribution in [0.5, 0.6) is 0 Å². The van der Waals surface area contributed by atoms with E-state index in [1.807, 2.05) is 24.4 Å². The molecule has 0 saturated carbocycles. The smallest absolute Gasteiger partial charge is 0.164 e. The van der Waals surface area contributed by atoms with Crippen LogP contribution in [0.1, 0.15) is 73.9 Å². The lowest BCUT2D eigenvalue weighted by Gasteiger charge is -2.23. The summed E-state index contributed by atoms with van der Waals surface area (Å²) in [5.41, 5.74) is 7.94. The van der Waals surface area contributed by atoms with E-state index in [1.165, 1.54) is 27.4 Å². The molecule has 0 N–H and O–H groups in total. The van der Waals surface area contributed by atoms with Crippen LogP contribution in [0.15, 0.2) is 121 Å². The molecule has 4 heteroatoms. The fraction of sp³-hybridized carbons (Fsp3) is 0.250. The maximum absolute atomic E-state index is 4.99. The maximum Gasteiger partial charge on any atom is 0.164 e. The van der Waals surface area contributed by atoms with Crippen molar-refractivity contribution in [3.05, 3.63) is 127 Å². The summed E-state index contributed by atoms with van der Waals surface area (Å²) in [6, 6.07) is 41.3. The Bertz CT molecular complexity index is 1880. The van der Waals surface area contributed by atoms with E-state index in [9.17, 15) is 0 Å². The molecule has 0 spiro atoms. The standard InChI is InChI=1S/C36H32N4.4CH4/c1-3-26(24-25(2)39-33-17-9-7-14-30(33)31-15-8-10-18-34(31)39)27-19-21-28(22-20-27)35-38-32-16-11-23-37-36(32)40(35)29-12-5-4-6-13-29;;;;/h4-23,25-26H,3,24H2,1-2H3;4*1H4. The molecule has 7 rings (SSSR count). The summed E-state index contributed by atoms with van der Waals surface area (Å²) in [6.07, 6.45) is 4.00. The topological polar surface area (TPSA) is 35.6 Å². The number of aromatic nitrogens is 4. The quantitative estimate of drug-likeness (QED) is 0.187. The first-order valence-corrected chi connectivity index (χ1v) is 14.2. The molecule has 0 amide bonds. The Labute approximate surface area is 264 Å². The zero-order chi connectivity index (χ0) is 27.1. The molecular formula is C40H48N4. The van der Waals surface area contributed by atoms with E-state index < -0.39 is 0 Å². The minimum Gasteiger partial charge on any atom is -0.338 e. The minimum atomic E-state index is 0. The van der Waals surface area contributed by atoms with Crippen molar-refractivity contribution in [1.29, 1.82) is 0 Å². The van der Waals surface area contributed by atoms with Crippen LogP contribution in [-0.2, 0) is 0 Å². The number of hydrogen-bond donors (Lipinski definition) is 0. The van der Waals surface area contributed by atoms with Crippen LogP contribution in [0.4, 0.5) is 0 Å². The third-order valence-corrected chi connectivity index (χ3v) is 8.25. The Balaban J connectivity index is 0.00000132. The van der Waals surface area contributed by atoms with Gasteiger partial charge in [-0.3, -0.25) is 4.57 Å². The normalized spacial score (nSPS) is 12.0. The molecule has 228 valence electrons. The predicted octanol–water partition coefficient (Wildman–Crippen LogP) is 11.9. The molecule has 7 aromatic rings. The molecule has 0 aliphatic carbocycles. The highest BCUT2D eigenvalue weighted by atomic mass is 15.1. The lowest BCUT2D eigenvalue weighted by atomic mass is 9.89. The molecule has 3 aromatic heterocycles. The van der Waals surface area contributed by atoms with Gasteiger partial charge < -0.3 is 4.57 Å². The van der Waals surface area contributed by atoms with E-state index in [2.05, 4.69) is 125 Å². The molecule has 0 bridgehead atoms. The number of fused-ring (bicyclic) bond motifs is 4. The molecule has 3 heterocycles. The zero-order valence-electron chi connectivity index (χ0n) is 22.9. The van der Waals surface area contributed by atoms with E-state index in [0.29, 0.717) is 12.0 Å². The highest BCUT2D eigenvalue weighted by molar-refractivity contribution is 6.08. The van der Waals surface area contributed by atoms with Crippen molar-refractivity contribution < 1.29 is 0 Å². The SMILES string of the molecule is C.C.C.C.CCC(CC(C)n1c2ccccc2c2ccccc21)c1ccc(-c2nc3cccnc3n2-c2ccccc2)cc1. The van der Waals surface area contributed by atoms with Crippen molar-refractivity contribution in [3.8, 4) is 17.1 Å². The van der Waals surface area contributed by atoms with Crippen molar-refractivity contribution >= 4 is 33.0 Å². The summed E-state index contributed by atoms with van der Waals surface area (Å²) in [5, 5.41) is 2.66. The zero-order valence-corrected chi connectivity index (χ0v) is 22.9. The Hall–Kier alpha value is -4.70. The van der Waals surface area contributed by atoms with Gasteiger partial charge in [0.05, 0.1) is 0 Å². The van der Waals surface area contributed by atoms with E-state index in [-0.39, 0.29) is 29.7 Å². The molecule has 2 atom stereocenters. The first-order valence-electron chi connectivity index (χ1n) is 14.2. The van der Waals surface area contributed by atoms with Gasteiger partial charge in [0, 0.05) is 45.3 Å². The summed E-state index contributed by atoms with van der Waals surface area (Å²) in [7, 11) is 0. The summed E-state index contributed by atoms with van der Waals surface area (Å²) < 4.78 is 4.70. The fourth-order valence-electron chi connectivity index (χ4n) is 6.32. The summed E-state index contributed by atoms with van der Waals surface area (Å²) in [4.78, 5) is 9.65. The largest absolute Gasteiger partial charge is 0.338 e. The van der Waals surface area contributed by atoms with Crippen LogP contribution < -0.4 is 0 Å². The van der Waals surface area contributed by atoms with Crippen LogP contribution in [-0.4, -0.2) is 19.1 Å². The monoisotopic (exact) mass is 584 g/mol. The molecule has 44 heavy (non-hydrogen) atoms. The van der Waals surface area contributed by atoms with Gasteiger partial charge in [-0.25, -0.2) is 9.97 Å². The van der Waals surface area contributed by atoms with Crippen molar-refractivity contribution in [1.82, 2.24) is 19.1 Å². The van der Waals surface area contributed by atoms with Gasteiger partial charge in [0.15, 0.2) is 5.65 Å². The van der Waals surface area contributed by atoms with Gasteiger partial charge in [-0.15, -0.1) is 0 Å². The highest BCUT2D eigenvalue weighted by Gasteiger charge is 2.20. The molecule has 0 aliphatic heterocycles. The van der Waals surface area contributed by atoms with Gasteiger partial charge in [0.25, 0.3) is 0 Å². The van der Waals surface area contributed by atoms with Crippen molar-refractivity contribution in [2.24, 2.45) is 0 Å². The number of nitrogens with zero attached hydrogens (tertiary/aromatic N) is 4. The van der Waals surface area contributed by atoms with Gasteiger partial charge in [0.1, 0.15) is 11.3 Å². The Morgan fingerprint density at radius 3 is 1.86 bits per heavy atom. The second-order valence-electron chi connectivity index (χ2n) is 10.7. The second kappa shape index (κ2) is 14.2. The Kier molecular flexibility index (Phi) is 10.9. The molecule has 0 radical (unpaired) electrons. The fourth-order valence-corrected chi connectivity index (χ4v) is 6.32. The van der Waals surface area contributed by atoms with Gasteiger partial charge in [0.2, 0.25) is 0 Å². The number of pyridine rings is 1. The van der Waals surface area contributed by atoms with E-state index in [4.69, 9.17) is 4.98 Å². The van der Waals surface area contributed by atoms with Crippen LogP contribution in [0.25, 0.3) is 50.0 Å². The van der Waals surface area contributed by atoms with Crippen molar-refractivity contribution in [3.63, 3.8) is 0 Å². The van der Waals surface area contributed by atoms with E-state index >= 15 is 0 Å². The van der Waals surface area contributed by atoms with Gasteiger partial charge in [-0.2, -0.15) is 0 Å². The minimum absolute atomic E-state index is 0. The average molecular weight is 585 g/mol. The average Bonchev–Trinajstić information content (AvgIpc) is 3.57. The van der Waals surface area contributed by atoms with Gasteiger partial charge in [-0.1, -0.05) is 115 Å². The Morgan fingerprint density at radius 1 is 0.659 bits per heavy atom. The molecular weight excluding hydrogens is 536 g/mol. The molecule has 0 aliphatic rings. The van der Waals surface area contributed by atoms with Gasteiger partial charge in [-0.05, 0) is 67.6 Å². The van der Waals surface area contributed by atoms with Crippen LogP contribution in [0.2, 0.25) is 0 Å². The second-order valence-corrected chi connectivity index (χ2v) is 10.7. The number of benzene rings is 4. The van der Waals surface area contributed by atoms with Crippen molar-refractivity contribution in [2.75, 3.05) is 0 Å². The number of rotatable bonds is 7. The molecule has 2 unspecified atom stereocenters. The highest BCUT2D eigenvalue weighted by Crippen LogP contribution is 2.37. The number of para-hydroxylation sites is 3. The van der Waals surface area contributed by atoms with Crippen molar-refractivity contribution in [2.45, 2.75) is 68.4 Å². The molecule has 4 aromatic carbocycles. The summed E-state index contributed by atoms with van der Waals surface area (Å²) in [5.74, 6) is 1.37. The van der Waals surface area contributed by atoms with Crippen LogP contribution in [0.3, 0.4) is 0 Å². The Morgan fingerprint density at radius 2 is 1.25 bits per heavy atom. The summed E-state index contributed by atoms with van der Waals surface area (Å²) in [6.45, 7) is 4.67. The third kappa shape index (κ3) is 5.77. The molecule has 0 saturated heterocycles. The molecule has 0 fully saturated rings. The number of hydrogen-bond acceptors (Lipinski definition) is 2. The third-order valence-electron chi connectivity index (χ3n) is 8.25. The first-order chi connectivity index (χ1) is 19.7. The van der Waals surface area contributed by atoms with Crippen LogP contribution >= 0.6 is 0 Å². The van der Waals surface area contributed by atoms with E-state index in [1.54, 1.807) is 0 Å². The lowest BCUT2D eigenvalue weighted by Crippen LogP contribution is -2.10. The van der Waals surface area contributed by atoms with E-state index in [0.717, 1.165) is 41.1 Å².